The van der Waals surface area contributed by atoms with Gasteiger partial charge in [0.05, 0.1) is 10.6 Å². The molecule has 0 N–H and O–H groups in total. The molecule has 80 valence electrons. The zero-order valence-electron chi connectivity index (χ0n) is 8.95. The summed E-state index contributed by atoms with van der Waals surface area (Å²) in [7, 11) is -3.08. The number of hydrogen-bond acceptors (Lipinski definition) is 2. The molecule has 0 atom stereocenters. The van der Waals surface area contributed by atoms with Gasteiger partial charge in [-0.3, -0.25) is 0 Å². The fraction of sp³-hybridized carbons (Fsp3) is 0.333. The van der Waals surface area contributed by atoms with E-state index < -0.39 is 9.84 Å². The van der Waals surface area contributed by atoms with Crippen LogP contribution in [0.25, 0.3) is 5.57 Å². The molecule has 1 aromatic carbocycles. The highest BCUT2D eigenvalue weighted by atomic mass is 32.2. The normalized spacial score (nSPS) is 14.9. The molecule has 2 nitrogen and oxygen atoms in total. The second-order valence-corrected chi connectivity index (χ2v) is 6.02. The van der Waals surface area contributed by atoms with Crippen molar-refractivity contribution in [3.8, 4) is 0 Å². The lowest BCUT2D eigenvalue weighted by Gasteiger charge is -2.08. The maximum Gasteiger partial charge on any atom is 0.178 e. The number of rotatable bonds is 2. The maximum atomic E-state index is 11.8. The number of hydrogen-bond donors (Lipinski definition) is 0. The molecule has 3 heteroatoms. The van der Waals surface area contributed by atoms with E-state index in [1.54, 1.807) is 13.0 Å². The van der Waals surface area contributed by atoms with Crippen LogP contribution >= 0.6 is 0 Å². The Hall–Kier alpha value is -1.09. The summed E-state index contributed by atoms with van der Waals surface area (Å²) in [5.74, 6) is 0.169. The van der Waals surface area contributed by atoms with Crippen molar-refractivity contribution in [1.82, 2.24) is 0 Å². The quantitative estimate of drug-likeness (QED) is 0.770. The lowest BCUT2D eigenvalue weighted by Crippen LogP contribution is -2.07. The van der Waals surface area contributed by atoms with Gasteiger partial charge in [0.15, 0.2) is 9.84 Å². The molecule has 0 saturated heterocycles. The molecule has 0 fully saturated rings. The smallest absolute Gasteiger partial charge is 0.178 e. The summed E-state index contributed by atoms with van der Waals surface area (Å²) in [6.07, 6.45) is 2.83. The highest BCUT2D eigenvalue weighted by molar-refractivity contribution is 7.91. The first-order valence-electron chi connectivity index (χ1n) is 5.08. The summed E-state index contributed by atoms with van der Waals surface area (Å²) >= 11 is 0. The molecule has 1 aliphatic rings. The number of sulfone groups is 1. The largest absolute Gasteiger partial charge is 0.224 e. The van der Waals surface area contributed by atoms with Crippen molar-refractivity contribution in [2.75, 3.05) is 5.75 Å². The van der Waals surface area contributed by atoms with Crippen LogP contribution < -0.4 is 0 Å². The van der Waals surface area contributed by atoms with Crippen molar-refractivity contribution in [2.24, 2.45) is 0 Å². The highest BCUT2D eigenvalue weighted by Gasteiger charge is 2.21. The molecular formula is C12H14O2S. The molecule has 0 amide bonds. The van der Waals surface area contributed by atoms with E-state index in [0.717, 1.165) is 17.5 Å². The Morgan fingerprint density at radius 1 is 1.33 bits per heavy atom. The minimum Gasteiger partial charge on any atom is -0.224 e. The first-order valence-corrected chi connectivity index (χ1v) is 6.73. The van der Waals surface area contributed by atoms with Crippen LogP contribution in [0.1, 0.15) is 25.0 Å². The summed E-state index contributed by atoms with van der Waals surface area (Å²) in [6, 6.07) is 5.52. The van der Waals surface area contributed by atoms with E-state index in [-0.39, 0.29) is 5.75 Å². The van der Waals surface area contributed by atoms with Gasteiger partial charge < -0.3 is 0 Å². The van der Waals surface area contributed by atoms with Crippen molar-refractivity contribution in [1.29, 1.82) is 0 Å². The zero-order valence-corrected chi connectivity index (χ0v) is 9.76. The van der Waals surface area contributed by atoms with Gasteiger partial charge in [0.1, 0.15) is 0 Å². The number of benzene rings is 1. The predicted octanol–water partition coefficient (Wildman–Crippen LogP) is 2.44. The Morgan fingerprint density at radius 3 is 2.73 bits per heavy atom. The van der Waals surface area contributed by atoms with Gasteiger partial charge in [-0.1, -0.05) is 25.1 Å². The Morgan fingerprint density at radius 2 is 2.07 bits per heavy atom. The molecule has 0 unspecified atom stereocenters. The van der Waals surface area contributed by atoms with Crippen LogP contribution in [-0.2, 0) is 16.3 Å². The fourth-order valence-corrected chi connectivity index (χ4v) is 3.12. The van der Waals surface area contributed by atoms with Gasteiger partial charge >= 0.3 is 0 Å². The van der Waals surface area contributed by atoms with Crippen molar-refractivity contribution >= 4 is 15.4 Å². The van der Waals surface area contributed by atoms with Gasteiger partial charge in [0.2, 0.25) is 0 Å². The molecule has 0 saturated carbocycles. The average molecular weight is 222 g/mol. The van der Waals surface area contributed by atoms with Crippen LogP contribution in [0.4, 0.5) is 0 Å². The lowest BCUT2D eigenvalue weighted by molar-refractivity contribution is 0.596. The minimum absolute atomic E-state index is 0.169. The first kappa shape index (κ1) is 10.4. The summed E-state index contributed by atoms with van der Waals surface area (Å²) in [5.41, 5.74) is 3.24. The minimum atomic E-state index is -3.08. The third-order valence-corrected chi connectivity index (χ3v) is 4.70. The molecule has 1 aromatic rings. The van der Waals surface area contributed by atoms with Crippen LogP contribution in [0.3, 0.4) is 0 Å². The topological polar surface area (TPSA) is 34.1 Å². The number of fused-ring (bicyclic) bond motifs is 1. The van der Waals surface area contributed by atoms with Crippen LogP contribution in [0.2, 0.25) is 0 Å². The number of allylic oxidation sites excluding steroid dienone is 2. The van der Waals surface area contributed by atoms with Gasteiger partial charge in [-0.25, -0.2) is 8.42 Å². The Balaban J connectivity index is 2.65. The lowest BCUT2D eigenvalue weighted by atomic mass is 10.1. The Labute approximate surface area is 90.6 Å². The molecular weight excluding hydrogens is 208 g/mol. The van der Waals surface area contributed by atoms with Crippen molar-refractivity contribution in [3.05, 3.63) is 35.4 Å². The van der Waals surface area contributed by atoms with E-state index in [4.69, 9.17) is 0 Å². The van der Waals surface area contributed by atoms with Crippen LogP contribution in [0.5, 0.6) is 0 Å². The molecule has 0 radical (unpaired) electrons. The molecule has 0 heterocycles. The standard InChI is InChI=1S/C12H14O2S/c1-3-15(13,14)12-6-4-5-10-9(2)7-8-11(10)12/h4-7H,3,8H2,1-2H3. The van der Waals surface area contributed by atoms with Crippen molar-refractivity contribution in [2.45, 2.75) is 25.2 Å². The Kier molecular flexibility index (Phi) is 2.43. The van der Waals surface area contributed by atoms with Crippen molar-refractivity contribution < 1.29 is 8.42 Å². The summed E-state index contributed by atoms with van der Waals surface area (Å²) in [4.78, 5) is 0.510. The Bertz CT molecular complexity index is 525. The highest BCUT2D eigenvalue weighted by Crippen LogP contribution is 2.31. The third kappa shape index (κ3) is 1.61. The summed E-state index contributed by atoms with van der Waals surface area (Å²) < 4.78 is 23.7. The van der Waals surface area contributed by atoms with Gasteiger partial charge in [-0.2, -0.15) is 0 Å². The zero-order chi connectivity index (χ0) is 11.1. The first-order chi connectivity index (χ1) is 7.06. The van der Waals surface area contributed by atoms with E-state index >= 15 is 0 Å². The second-order valence-electron chi connectivity index (χ2n) is 3.78. The molecule has 15 heavy (non-hydrogen) atoms. The molecule has 0 spiro atoms. The average Bonchev–Trinajstić information content (AvgIpc) is 2.60. The van der Waals surface area contributed by atoms with Gasteiger partial charge in [-0.15, -0.1) is 0 Å². The van der Waals surface area contributed by atoms with E-state index in [1.807, 2.05) is 19.1 Å². The molecule has 0 bridgehead atoms. The van der Waals surface area contributed by atoms with E-state index in [1.165, 1.54) is 5.57 Å². The molecule has 0 aromatic heterocycles. The van der Waals surface area contributed by atoms with Gasteiger partial charge in [-0.05, 0) is 36.1 Å². The summed E-state index contributed by atoms with van der Waals surface area (Å²) in [5, 5.41) is 0. The van der Waals surface area contributed by atoms with E-state index in [9.17, 15) is 8.42 Å². The van der Waals surface area contributed by atoms with Crippen LogP contribution in [-0.4, -0.2) is 14.2 Å². The summed E-state index contributed by atoms with van der Waals surface area (Å²) in [6.45, 7) is 3.71. The monoisotopic (exact) mass is 222 g/mol. The van der Waals surface area contributed by atoms with Gasteiger partial charge in [0, 0.05) is 0 Å². The maximum absolute atomic E-state index is 11.8. The van der Waals surface area contributed by atoms with Gasteiger partial charge in [0.25, 0.3) is 0 Å². The van der Waals surface area contributed by atoms with E-state index in [2.05, 4.69) is 6.08 Å². The van der Waals surface area contributed by atoms with Crippen LogP contribution in [0, 0.1) is 0 Å². The molecule has 0 aliphatic heterocycles. The predicted molar refractivity (Wildman–Crippen MR) is 61.5 cm³/mol. The molecule has 1 aliphatic carbocycles. The molecule has 2 rings (SSSR count). The van der Waals surface area contributed by atoms with Crippen LogP contribution in [0.15, 0.2) is 29.2 Å². The second kappa shape index (κ2) is 3.49. The SMILES string of the molecule is CCS(=O)(=O)c1cccc2c1CC=C2C. The van der Waals surface area contributed by atoms with Crippen molar-refractivity contribution in [3.63, 3.8) is 0 Å². The third-order valence-electron chi connectivity index (χ3n) is 2.89. The fourth-order valence-electron chi connectivity index (χ4n) is 1.96. The van der Waals surface area contributed by atoms with E-state index in [0.29, 0.717) is 4.90 Å².